The fourth-order valence-corrected chi connectivity index (χ4v) is 3.87. The molecule has 1 saturated carbocycles. The van der Waals surface area contributed by atoms with Crippen molar-refractivity contribution in [3.63, 3.8) is 0 Å². The molecule has 146 valence electrons. The number of nitrogens with one attached hydrogen (secondary N) is 1. The van der Waals surface area contributed by atoms with Gasteiger partial charge in [-0.15, -0.1) is 0 Å². The Morgan fingerprint density at radius 2 is 1.83 bits per heavy atom. The van der Waals surface area contributed by atoms with Crippen LogP contribution in [-0.2, 0) is 11.2 Å². The molecule has 1 aromatic heterocycles. The molecule has 1 amide bonds. The van der Waals surface area contributed by atoms with Gasteiger partial charge in [0.15, 0.2) is 0 Å². The molecule has 4 rings (SSSR count). The lowest BCUT2D eigenvalue weighted by Gasteiger charge is -2.29. The Labute approximate surface area is 169 Å². The van der Waals surface area contributed by atoms with Crippen LogP contribution in [0.1, 0.15) is 36.9 Å². The Balaban J connectivity index is 1.30. The number of hydrogen-bond donors (Lipinski definition) is 1. The van der Waals surface area contributed by atoms with Gasteiger partial charge in [0.05, 0.1) is 6.42 Å². The van der Waals surface area contributed by atoms with Crippen molar-refractivity contribution < 1.29 is 9.53 Å². The second-order valence-electron chi connectivity index (χ2n) is 7.30. The number of carbonyl (C=O) groups is 1. The number of amides is 1. The van der Waals surface area contributed by atoms with Crippen LogP contribution in [-0.4, -0.2) is 28.0 Å². The van der Waals surface area contributed by atoms with Crippen LogP contribution < -0.4 is 10.1 Å². The molecule has 1 N–H and O–H groups in total. The summed E-state index contributed by atoms with van der Waals surface area (Å²) >= 11 is 0. The first-order chi connectivity index (χ1) is 14.2. The number of hydrogen-bond acceptors (Lipinski definition) is 5. The minimum absolute atomic E-state index is 0.00924. The van der Waals surface area contributed by atoms with E-state index in [1.165, 1.54) is 12.4 Å². The zero-order valence-corrected chi connectivity index (χ0v) is 16.0. The number of carbonyl (C=O) groups excluding carboxylic acids is 1. The predicted molar refractivity (Wildman–Crippen MR) is 109 cm³/mol. The zero-order valence-electron chi connectivity index (χ0n) is 16.0. The molecular formula is C23H22N4O2. The highest BCUT2D eigenvalue weighted by Gasteiger charge is 2.25. The van der Waals surface area contributed by atoms with Crippen LogP contribution in [0, 0.1) is 11.3 Å². The standard InChI is InChI=1S/C23H22N4O2/c24-15-21-23(26-13-12-25-21)29-19-10-8-18(9-11-19)27-22(28)14-17-6-3-5-16-4-1-2-7-20(16)17/h1-7,12-13,18-19H,8-11,14H2,(H,27,28). The Morgan fingerprint density at radius 1 is 1.07 bits per heavy atom. The Morgan fingerprint density at radius 3 is 2.66 bits per heavy atom. The van der Waals surface area contributed by atoms with E-state index >= 15 is 0 Å². The first-order valence-corrected chi connectivity index (χ1v) is 9.86. The molecule has 1 fully saturated rings. The molecule has 0 bridgehead atoms. The summed E-state index contributed by atoms with van der Waals surface area (Å²) in [5.41, 5.74) is 1.25. The lowest BCUT2D eigenvalue weighted by molar-refractivity contribution is -0.121. The van der Waals surface area contributed by atoms with Crippen molar-refractivity contribution in [3.05, 3.63) is 66.1 Å². The summed E-state index contributed by atoms with van der Waals surface area (Å²) in [4.78, 5) is 20.7. The normalized spacial score (nSPS) is 18.7. The maximum absolute atomic E-state index is 12.6. The fraction of sp³-hybridized carbons (Fsp3) is 0.304. The quantitative estimate of drug-likeness (QED) is 0.724. The van der Waals surface area contributed by atoms with E-state index in [4.69, 9.17) is 10.00 Å². The van der Waals surface area contributed by atoms with Crippen LogP contribution in [0.3, 0.4) is 0 Å². The molecule has 0 unspecified atom stereocenters. The van der Waals surface area contributed by atoms with Crippen molar-refractivity contribution in [1.29, 1.82) is 5.26 Å². The van der Waals surface area contributed by atoms with Gasteiger partial charge in [-0.3, -0.25) is 4.79 Å². The van der Waals surface area contributed by atoms with Gasteiger partial charge in [0.2, 0.25) is 11.6 Å². The largest absolute Gasteiger partial charge is 0.472 e. The summed E-state index contributed by atoms with van der Waals surface area (Å²) in [6.45, 7) is 0. The van der Waals surface area contributed by atoms with E-state index in [-0.39, 0.29) is 23.7 Å². The zero-order chi connectivity index (χ0) is 20.1. The lowest BCUT2D eigenvalue weighted by atomic mass is 9.92. The second kappa shape index (κ2) is 8.70. The van der Waals surface area contributed by atoms with E-state index in [1.54, 1.807) is 0 Å². The van der Waals surface area contributed by atoms with Gasteiger partial charge in [0.1, 0.15) is 12.2 Å². The summed E-state index contributed by atoms with van der Waals surface area (Å²) in [5.74, 6) is 0.338. The highest BCUT2D eigenvalue weighted by atomic mass is 16.5. The Bertz CT molecular complexity index is 1050. The molecule has 2 aromatic carbocycles. The number of nitrogens with zero attached hydrogens (tertiary/aromatic N) is 3. The summed E-state index contributed by atoms with van der Waals surface area (Å²) in [5, 5.41) is 14.5. The van der Waals surface area contributed by atoms with Gasteiger partial charge in [0.25, 0.3) is 5.88 Å². The number of aromatic nitrogens is 2. The monoisotopic (exact) mass is 386 g/mol. The molecule has 0 radical (unpaired) electrons. The molecule has 29 heavy (non-hydrogen) atoms. The molecule has 0 atom stereocenters. The molecular weight excluding hydrogens is 364 g/mol. The maximum Gasteiger partial charge on any atom is 0.251 e. The summed E-state index contributed by atoms with van der Waals surface area (Å²) in [6.07, 6.45) is 6.67. The van der Waals surface area contributed by atoms with E-state index in [0.29, 0.717) is 12.3 Å². The number of benzene rings is 2. The molecule has 1 aliphatic rings. The predicted octanol–water partition coefficient (Wildman–Crippen LogP) is 3.55. The van der Waals surface area contributed by atoms with Crippen molar-refractivity contribution in [2.45, 2.75) is 44.2 Å². The number of nitriles is 1. The number of ether oxygens (including phenoxy) is 1. The number of fused-ring (bicyclic) bond motifs is 1. The van der Waals surface area contributed by atoms with Crippen LogP contribution in [0.5, 0.6) is 5.88 Å². The molecule has 0 saturated heterocycles. The van der Waals surface area contributed by atoms with Gasteiger partial charge in [-0.1, -0.05) is 42.5 Å². The highest BCUT2D eigenvalue weighted by Crippen LogP contribution is 2.24. The highest BCUT2D eigenvalue weighted by molar-refractivity contribution is 5.90. The average Bonchev–Trinajstić information content (AvgIpc) is 2.76. The van der Waals surface area contributed by atoms with Crippen molar-refractivity contribution in [2.24, 2.45) is 0 Å². The van der Waals surface area contributed by atoms with Gasteiger partial charge >= 0.3 is 0 Å². The van der Waals surface area contributed by atoms with Gasteiger partial charge in [-0.2, -0.15) is 5.26 Å². The van der Waals surface area contributed by atoms with Crippen molar-refractivity contribution >= 4 is 16.7 Å². The molecule has 6 heteroatoms. The summed E-state index contributed by atoms with van der Waals surface area (Å²) in [6, 6.07) is 16.3. The molecule has 0 aliphatic heterocycles. The summed E-state index contributed by atoms with van der Waals surface area (Å²) < 4.78 is 5.87. The minimum atomic E-state index is -0.00924. The summed E-state index contributed by atoms with van der Waals surface area (Å²) in [7, 11) is 0. The van der Waals surface area contributed by atoms with Gasteiger partial charge < -0.3 is 10.1 Å². The van der Waals surface area contributed by atoms with E-state index < -0.39 is 0 Å². The van der Waals surface area contributed by atoms with Gasteiger partial charge in [-0.05, 0) is 42.0 Å². The topological polar surface area (TPSA) is 87.9 Å². The molecule has 3 aromatic rings. The Hall–Kier alpha value is -3.46. The van der Waals surface area contributed by atoms with E-state index in [9.17, 15) is 4.79 Å². The first-order valence-electron chi connectivity index (χ1n) is 9.86. The number of rotatable bonds is 5. The van der Waals surface area contributed by atoms with Crippen molar-refractivity contribution in [1.82, 2.24) is 15.3 Å². The van der Waals surface area contributed by atoms with Crippen LogP contribution in [0.4, 0.5) is 0 Å². The van der Waals surface area contributed by atoms with Crippen molar-refractivity contribution in [3.8, 4) is 11.9 Å². The van der Waals surface area contributed by atoms with E-state index in [0.717, 1.165) is 42.0 Å². The fourth-order valence-electron chi connectivity index (χ4n) is 3.87. The second-order valence-corrected chi connectivity index (χ2v) is 7.30. The lowest BCUT2D eigenvalue weighted by Crippen LogP contribution is -2.40. The third-order valence-electron chi connectivity index (χ3n) is 5.32. The van der Waals surface area contributed by atoms with Gasteiger partial charge in [0, 0.05) is 18.4 Å². The Kier molecular flexibility index (Phi) is 5.66. The molecule has 0 spiro atoms. The van der Waals surface area contributed by atoms with Crippen LogP contribution in [0.15, 0.2) is 54.9 Å². The van der Waals surface area contributed by atoms with E-state index in [2.05, 4.69) is 33.5 Å². The van der Waals surface area contributed by atoms with E-state index in [1.807, 2.05) is 30.3 Å². The SMILES string of the molecule is N#Cc1nccnc1OC1CCC(NC(=O)Cc2cccc3ccccc23)CC1. The van der Waals surface area contributed by atoms with Crippen LogP contribution in [0.2, 0.25) is 0 Å². The molecule has 1 aliphatic carbocycles. The van der Waals surface area contributed by atoms with Crippen LogP contribution in [0.25, 0.3) is 10.8 Å². The maximum atomic E-state index is 12.6. The third kappa shape index (κ3) is 4.52. The van der Waals surface area contributed by atoms with Crippen molar-refractivity contribution in [2.75, 3.05) is 0 Å². The molecule has 6 nitrogen and oxygen atoms in total. The first kappa shape index (κ1) is 18.9. The smallest absolute Gasteiger partial charge is 0.251 e. The third-order valence-corrected chi connectivity index (χ3v) is 5.32. The minimum Gasteiger partial charge on any atom is -0.472 e. The average molecular weight is 386 g/mol. The molecule has 1 heterocycles. The van der Waals surface area contributed by atoms with Crippen LogP contribution >= 0.6 is 0 Å². The van der Waals surface area contributed by atoms with Gasteiger partial charge in [-0.25, -0.2) is 9.97 Å².